The van der Waals surface area contributed by atoms with Crippen LogP contribution in [0.5, 0.6) is 0 Å². The highest BCUT2D eigenvalue weighted by molar-refractivity contribution is 6.30. The van der Waals surface area contributed by atoms with Crippen LogP contribution in [0, 0.1) is 0 Å². The van der Waals surface area contributed by atoms with Crippen LogP contribution in [0.25, 0.3) is 5.69 Å². The summed E-state index contributed by atoms with van der Waals surface area (Å²) in [6.45, 7) is 2.55. The Labute approximate surface area is 186 Å². The largest absolute Gasteiger partial charge is 0.357 e. The molecule has 5 rings (SSSR count). The minimum absolute atomic E-state index is 0.120. The molecule has 7 nitrogen and oxygen atoms in total. The van der Waals surface area contributed by atoms with E-state index in [9.17, 15) is 4.79 Å². The summed E-state index contributed by atoms with van der Waals surface area (Å²) in [4.78, 5) is 19.0. The van der Waals surface area contributed by atoms with Gasteiger partial charge in [0, 0.05) is 49.7 Å². The maximum atomic E-state index is 12.4. The molecule has 4 heterocycles. The van der Waals surface area contributed by atoms with Crippen LogP contribution in [-0.4, -0.2) is 45.7 Å². The Bertz CT molecular complexity index is 1090. The van der Waals surface area contributed by atoms with Gasteiger partial charge >= 0.3 is 0 Å². The van der Waals surface area contributed by atoms with Crippen molar-refractivity contribution in [2.24, 2.45) is 0 Å². The Balaban J connectivity index is 1.30. The molecule has 0 bridgehead atoms. The summed E-state index contributed by atoms with van der Waals surface area (Å²) in [6, 6.07) is 9.60. The van der Waals surface area contributed by atoms with E-state index < -0.39 is 11.7 Å². The Morgan fingerprint density at radius 3 is 2.87 bits per heavy atom. The number of piperidine rings is 1. The number of amides is 1. The summed E-state index contributed by atoms with van der Waals surface area (Å²) in [5, 5.41) is 7.86. The molecule has 3 aromatic rings. The van der Waals surface area contributed by atoms with Crippen LogP contribution >= 0.6 is 11.6 Å². The first-order valence-electron chi connectivity index (χ1n) is 10.4. The quantitative estimate of drug-likeness (QED) is 0.678. The van der Waals surface area contributed by atoms with Crippen LogP contribution < -0.4 is 5.32 Å². The van der Waals surface area contributed by atoms with Crippen molar-refractivity contribution in [3.63, 3.8) is 0 Å². The number of pyridine rings is 1. The van der Waals surface area contributed by atoms with Crippen molar-refractivity contribution in [1.29, 1.82) is 0 Å². The van der Waals surface area contributed by atoms with Gasteiger partial charge in [-0.3, -0.25) is 14.7 Å². The van der Waals surface area contributed by atoms with E-state index in [0.717, 1.165) is 54.9 Å². The van der Waals surface area contributed by atoms with Gasteiger partial charge in [0.2, 0.25) is 0 Å². The van der Waals surface area contributed by atoms with Crippen molar-refractivity contribution in [3.05, 3.63) is 76.8 Å². The van der Waals surface area contributed by atoms with E-state index in [1.54, 1.807) is 19.4 Å². The van der Waals surface area contributed by atoms with E-state index in [0.29, 0.717) is 5.02 Å². The number of ether oxygens (including phenoxy) is 1. The van der Waals surface area contributed by atoms with Gasteiger partial charge in [-0.15, -0.1) is 0 Å². The molecule has 0 radical (unpaired) electrons. The summed E-state index contributed by atoms with van der Waals surface area (Å²) in [5.41, 5.74) is 3.61. The molecule has 1 N–H and O–H groups in total. The van der Waals surface area contributed by atoms with Crippen LogP contribution in [0.3, 0.4) is 0 Å². The number of hydrogen-bond acceptors (Lipinski definition) is 5. The fourth-order valence-electron chi connectivity index (χ4n) is 4.62. The number of halogens is 1. The van der Waals surface area contributed by atoms with E-state index in [2.05, 4.69) is 20.3 Å². The van der Waals surface area contributed by atoms with Crippen LogP contribution in [0.15, 0.2) is 55.1 Å². The average Bonchev–Trinajstić information content (AvgIpc) is 3.39. The van der Waals surface area contributed by atoms with Crippen molar-refractivity contribution in [2.45, 2.75) is 31.1 Å². The number of nitrogens with one attached hydrogen (secondary N) is 1. The number of benzene rings is 1. The SMILES string of the molecule is CNC(=O)C1OC2(CCN(Cc3cnn(-c4cccnc4)c3)CC2)c2cc(Cl)ccc21. The molecule has 1 spiro atoms. The normalized spacial score (nSPS) is 20.0. The van der Waals surface area contributed by atoms with Crippen LogP contribution in [0.4, 0.5) is 0 Å². The molecule has 160 valence electrons. The molecule has 8 heteroatoms. The fraction of sp³-hybridized carbons (Fsp3) is 0.348. The monoisotopic (exact) mass is 437 g/mol. The standard InChI is InChI=1S/C23H24ClN5O2/c1-25-22(30)21-19-5-4-17(24)11-20(19)23(31-21)6-9-28(10-7-23)14-16-12-27-29(15-16)18-3-2-8-26-13-18/h2-5,8,11-13,15,21H,6-7,9-10,14H2,1H3,(H,25,30). The lowest BCUT2D eigenvalue weighted by molar-refractivity contribution is -0.150. The molecule has 1 fully saturated rings. The molecular weight excluding hydrogens is 414 g/mol. The molecule has 2 aliphatic heterocycles. The molecule has 0 saturated carbocycles. The van der Waals surface area contributed by atoms with Crippen LogP contribution in [0.1, 0.15) is 35.6 Å². The molecule has 2 aromatic heterocycles. The summed E-state index contributed by atoms with van der Waals surface area (Å²) in [6.07, 6.45) is 8.54. The Morgan fingerprint density at radius 1 is 1.29 bits per heavy atom. The number of carbonyl (C=O) groups is 1. The first kappa shape index (κ1) is 20.2. The third-order valence-corrected chi connectivity index (χ3v) is 6.47. The van der Waals surface area contributed by atoms with Gasteiger partial charge in [-0.1, -0.05) is 17.7 Å². The molecule has 1 amide bonds. The van der Waals surface area contributed by atoms with Gasteiger partial charge in [0.1, 0.15) is 0 Å². The Hall–Kier alpha value is -2.74. The van der Waals surface area contributed by atoms with Gasteiger partial charge in [-0.25, -0.2) is 4.68 Å². The molecular formula is C23H24ClN5O2. The number of likely N-dealkylation sites (tertiary alicyclic amines) is 1. The number of hydrogen-bond donors (Lipinski definition) is 1. The second-order valence-corrected chi connectivity index (χ2v) is 8.55. The fourth-order valence-corrected chi connectivity index (χ4v) is 4.79. The zero-order chi connectivity index (χ0) is 21.4. The smallest absolute Gasteiger partial charge is 0.253 e. The first-order chi connectivity index (χ1) is 15.1. The molecule has 0 aliphatic carbocycles. The zero-order valence-electron chi connectivity index (χ0n) is 17.3. The van der Waals surface area contributed by atoms with Crippen molar-refractivity contribution in [1.82, 2.24) is 25.0 Å². The second-order valence-electron chi connectivity index (χ2n) is 8.12. The maximum Gasteiger partial charge on any atom is 0.253 e. The highest BCUT2D eigenvalue weighted by atomic mass is 35.5. The number of fused-ring (bicyclic) bond motifs is 2. The van der Waals surface area contributed by atoms with E-state index in [-0.39, 0.29) is 5.91 Å². The Morgan fingerprint density at radius 2 is 2.13 bits per heavy atom. The van der Waals surface area contributed by atoms with Gasteiger partial charge in [0.25, 0.3) is 5.91 Å². The summed E-state index contributed by atoms with van der Waals surface area (Å²) >= 11 is 6.30. The number of carbonyl (C=O) groups excluding carboxylic acids is 1. The van der Waals surface area contributed by atoms with Crippen LogP contribution in [0.2, 0.25) is 5.02 Å². The third-order valence-electron chi connectivity index (χ3n) is 6.23. The summed E-state index contributed by atoms with van der Waals surface area (Å²) in [5.74, 6) is -0.120. The average molecular weight is 438 g/mol. The van der Waals surface area contributed by atoms with Gasteiger partial charge < -0.3 is 10.1 Å². The van der Waals surface area contributed by atoms with Gasteiger partial charge in [-0.05, 0) is 48.2 Å². The second kappa shape index (κ2) is 8.07. The van der Waals surface area contributed by atoms with E-state index in [4.69, 9.17) is 16.3 Å². The van der Waals surface area contributed by atoms with Gasteiger partial charge in [-0.2, -0.15) is 5.10 Å². The minimum atomic E-state index is -0.582. The zero-order valence-corrected chi connectivity index (χ0v) is 18.0. The summed E-state index contributed by atoms with van der Waals surface area (Å²) in [7, 11) is 1.64. The topological polar surface area (TPSA) is 72.3 Å². The number of rotatable bonds is 4. The number of likely N-dealkylation sites (N-methyl/N-ethyl adjacent to an activating group) is 1. The lowest BCUT2D eigenvalue weighted by Crippen LogP contribution is -2.42. The van der Waals surface area contributed by atoms with Crippen molar-refractivity contribution in [3.8, 4) is 5.69 Å². The number of aromatic nitrogens is 3. The molecule has 31 heavy (non-hydrogen) atoms. The predicted molar refractivity (Wildman–Crippen MR) is 117 cm³/mol. The molecule has 1 unspecified atom stereocenters. The van der Waals surface area contributed by atoms with Crippen LogP contribution in [-0.2, 0) is 21.7 Å². The van der Waals surface area contributed by atoms with E-state index in [1.807, 2.05) is 47.4 Å². The molecule has 1 aromatic carbocycles. The lowest BCUT2D eigenvalue weighted by atomic mass is 9.83. The van der Waals surface area contributed by atoms with Crippen molar-refractivity contribution >= 4 is 17.5 Å². The molecule has 1 atom stereocenters. The summed E-state index contributed by atoms with van der Waals surface area (Å²) < 4.78 is 8.26. The third kappa shape index (κ3) is 3.73. The maximum absolute atomic E-state index is 12.4. The minimum Gasteiger partial charge on any atom is -0.357 e. The molecule has 2 aliphatic rings. The van der Waals surface area contributed by atoms with E-state index >= 15 is 0 Å². The highest BCUT2D eigenvalue weighted by Crippen LogP contribution is 2.50. The molecule has 1 saturated heterocycles. The van der Waals surface area contributed by atoms with Gasteiger partial charge in [0.15, 0.2) is 6.10 Å². The highest BCUT2D eigenvalue weighted by Gasteiger charge is 2.48. The first-order valence-corrected chi connectivity index (χ1v) is 10.8. The number of nitrogens with zero attached hydrogens (tertiary/aromatic N) is 4. The predicted octanol–water partition coefficient (Wildman–Crippen LogP) is 3.23. The van der Waals surface area contributed by atoms with Crippen molar-refractivity contribution in [2.75, 3.05) is 20.1 Å². The van der Waals surface area contributed by atoms with E-state index in [1.165, 1.54) is 0 Å². The Kier molecular flexibility index (Phi) is 5.25. The van der Waals surface area contributed by atoms with Crippen molar-refractivity contribution < 1.29 is 9.53 Å². The van der Waals surface area contributed by atoms with Gasteiger partial charge in [0.05, 0.1) is 23.7 Å². The lowest BCUT2D eigenvalue weighted by Gasteiger charge is -2.39.